The van der Waals surface area contributed by atoms with Crippen LogP contribution in [0.15, 0.2) is 40.9 Å². The maximum absolute atomic E-state index is 9.45. The van der Waals surface area contributed by atoms with Crippen LogP contribution in [0.1, 0.15) is 21.4 Å². The van der Waals surface area contributed by atoms with E-state index in [1.54, 1.807) is 11.3 Å². The third kappa shape index (κ3) is 3.42. The van der Waals surface area contributed by atoms with E-state index in [0.29, 0.717) is 0 Å². The molecule has 0 bridgehead atoms. The molecule has 2 rings (SSSR count). The average Bonchev–Trinajstić information content (AvgIpc) is 2.71. The van der Waals surface area contributed by atoms with Crippen LogP contribution in [0, 0.1) is 6.92 Å². The predicted molar refractivity (Wildman–Crippen MR) is 79.9 cm³/mol. The number of nitrogens with one attached hydrogen (secondary N) is 1. The molecule has 2 aromatic rings. The van der Waals surface area contributed by atoms with E-state index >= 15 is 0 Å². The number of aliphatic hydroxyl groups is 1. The van der Waals surface area contributed by atoms with Crippen molar-refractivity contribution in [3.05, 3.63) is 56.2 Å². The Bertz CT molecular complexity index is 478. The van der Waals surface area contributed by atoms with Crippen molar-refractivity contribution in [2.75, 3.05) is 6.61 Å². The van der Waals surface area contributed by atoms with Gasteiger partial charge < -0.3 is 10.4 Å². The summed E-state index contributed by atoms with van der Waals surface area (Å²) in [5.41, 5.74) is 1.12. The summed E-state index contributed by atoms with van der Waals surface area (Å²) in [6.45, 7) is 2.98. The lowest BCUT2D eigenvalue weighted by Gasteiger charge is -2.15. The van der Waals surface area contributed by atoms with Gasteiger partial charge in [0, 0.05) is 20.8 Å². The zero-order valence-corrected chi connectivity index (χ0v) is 12.6. The van der Waals surface area contributed by atoms with Gasteiger partial charge in [-0.3, -0.25) is 0 Å². The van der Waals surface area contributed by atoms with Crippen molar-refractivity contribution in [1.82, 2.24) is 5.32 Å². The van der Waals surface area contributed by atoms with Crippen molar-refractivity contribution in [1.29, 1.82) is 0 Å². The van der Waals surface area contributed by atoms with Crippen LogP contribution < -0.4 is 5.32 Å². The minimum absolute atomic E-state index is 0.00705. The maximum Gasteiger partial charge on any atom is 0.0626 e. The van der Waals surface area contributed by atoms with Gasteiger partial charge in [-0.05, 0) is 34.5 Å². The highest BCUT2D eigenvalue weighted by Gasteiger charge is 2.10. The van der Waals surface area contributed by atoms with Crippen LogP contribution in [0.25, 0.3) is 0 Å². The Morgan fingerprint density at radius 2 is 2.06 bits per heavy atom. The van der Waals surface area contributed by atoms with Crippen LogP contribution in [0.2, 0.25) is 0 Å². The molecular formula is C14H16BrNOS. The maximum atomic E-state index is 9.45. The average molecular weight is 326 g/mol. The Kier molecular flexibility index (Phi) is 4.95. The lowest BCUT2D eigenvalue weighted by atomic mass is 10.1. The number of hydrogen-bond acceptors (Lipinski definition) is 3. The molecule has 96 valence electrons. The zero-order chi connectivity index (χ0) is 13.0. The van der Waals surface area contributed by atoms with Gasteiger partial charge in [-0.1, -0.05) is 30.3 Å². The van der Waals surface area contributed by atoms with Crippen molar-refractivity contribution < 1.29 is 5.11 Å². The molecule has 0 amide bonds. The van der Waals surface area contributed by atoms with Gasteiger partial charge in [0.25, 0.3) is 0 Å². The van der Waals surface area contributed by atoms with E-state index in [-0.39, 0.29) is 12.6 Å². The Morgan fingerprint density at radius 3 is 2.61 bits per heavy atom. The molecule has 1 heterocycles. The molecular weight excluding hydrogens is 310 g/mol. The van der Waals surface area contributed by atoms with Crippen molar-refractivity contribution in [3.8, 4) is 0 Å². The fourth-order valence-electron chi connectivity index (χ4n) is 1.80. The van der Waals surface area contributed by atoms with Crippen LogP contribution in [-0.2, 0) is 6.54 Å². The van der Waals surface area contributed by atoms with Gasteiger partial charge in [-0.25, -0.2) is 0 Å². The third-order valence-corrected chi connectivity index (χ3v) is 4.95. The van der Waals surface area contributed by atoms with E-state index in [1.165, 1.54) is 9.75 Å². The number of aryl methyl sites for hydroxylation is 1. The third-order valence-electron chi connectivity index (χ3n) is 2.82. The number of aliphatic hydroxyl groups excluding tert-OH is 1. The lowest BCUT2D eigenvalue weighted by molar-refractivity contribution is 0.244. The summed E-state index contributed by atoms with van der Waals surface area (Å²) in [6, 6.07) is 12.2. The van der Waals surface area contributed by atoms with Gasteiger partial charge >= 0.3 is 0 Å². The number of hydrogen-bond donors (Lipinski definition) is 2. The summed E-state index contributed by atoms with van der Waals surface area (Å²) in [5.74, 6) is 0. The van der Waals surface area contributed by atoms with Crippen molar-refractivity contribution in [2.45, 2.75) is 19.5 Å². The molecule has 1 atom stereocenters. The molecule has 0 radical (unpaired) electrons. The van der Waals surface area contributed by atoms with E-state index < -0.39 is 0 Å². The molecule has 2 nitrogen and oxygen atoms in total. The Morgan fingerprint density at radius 1 is 1.33 bits per heavy atom. The van der Waals surface area contributed by atoms with Crippen molar-refractivity contribution in [2.24, 2.45) is 0 Å². The molecule has 18 heavy (non-hydrogen) atoms. The molecule has 0 aliphatic heterocycles. The molecule has 1 aromatic heterocycles. The fourth-order valence-corrected chi connectivity index (χ4v) is 3.35. The van der Waals surface area contributed by atoms with Crippen molar-refractivity contribution >= 4 is 27.3 Å². The Balaban J connectivity index is 1.99. The highest BCUT2D eigenvalue weighted by Crippen LogP contribution is 2.26. The quantitative estimate of drug-likeness (QED) is 0.879. The standard InChI is InChI=1S/C14H16BrNOS/c1-10-13(15)7-12(18-10)8-16-14(9-17)11-5-3-2-4-6-11/h2-7,14,16-17H,8-9H2,1H3/t14-/m0/s1. The number of thiophene rings is 1. The minimum atomic E-state index is -0.00705. The molecule has 1 aromatic carbocycles. The first-order chi connectivity index (χ1) is 8.70. The SMILES string of the molecule is Cc1sc(CN[C@@H](CO)c2ccccc2)cc1Br. The molecule has 0 aliphatic rings. The minimum Gasteiger partial charge on any atom is -0.394 e. The van der Waals surface area contributed by atoms with Crippen LogP contribution >= 0.6 is 27.3 Å². The van der Waals surface area contributed by atoms with Gasteiger partial charge in [0.2, 0.25) is 0 Å². The molecule has 0 aliphatic carbocycles. The second kappa shape index (κ2) is 6.48. The summed E-state index contributed by atoms with van der Waals surface area (Å²) in [7, 11) is 0. The van der Waals surface area contributed by atoms with Crippen LogP contribution in [-0.4, -0.2) is 11.7 Å². The van der Waals surface area contributed by atoms with Gasteiger partial charge in [-0.15, -0.1) is 11.3 Å². The van der Waals surface area contributed by atoms with Crippen LogP contribution in [0.3, 0.4) is 0 Å². The first-order valence-corrected chi connectivity index (χ1v) is 7.45. The highest BCUT2D eigenvalue weighted by atomic mass is 79.9. The smallest absolute Gasteiger partial charge is 0.0626 e. The van der Waals surface area contributed by atoms with E-state index in [9.17, 15) is 5.11 Å². The molecule has 0 unspecified atom stereocenters. The monoisotopic (exact) mass is 325 g/mol. The molecule has 2 N–H and O–H groups in total. The topological polar surface area (TPSA) is 32.3 Å². The predicted octanol–water partition coefficient (Wildman–Crippen LogP) is 3.64. The Hall–Kier alpha value is -0.680. The van der Waals surface area contributed by atoms with Gasteiger partial charge in [0.15, 0.2) is 0 Å². The molecule has 0 fully saturated rings. The number of benzene rings is 1. The largest absolute Gasteiger partial charge is 0.394 e. The summed E-state index contributed by atoms with van der Waals surface area (Å²) in [4.78, 5) is 2.56. The van der Waals surface area contributed by atoms with E-state index in [4.69, 9.17) is 0 Å². The van der Waals surface area contributed by atoms with Crippen LogP contribution in [0.4, 0.5) is 0 Å². The van der Waals surface area contributed by atoms with E-state index in [0.717, 1.165) is 16.6 Å². The lowest BCUT2D eigenvalue weighted by Crippen LogP contribution is -2.23. The molecule has 0 spiro atoms. The zero-order valence-electron chi connectivity index (χ0n) is 10.2. The molecule has 0 saturated carbocycles. The fraction of sp³-hybridized carbons (Fsp3) is 0.286. The highest BCUT2D eigenvalue weighted by molar-refractivity contribution is 9.10. The first kappa shape index (κ1) is 13.7. The van der Waals surface area contributed by atoms with Gasteiger partial charge in [0.1, 0.15) is 0 Å². The number of rotatable bonds is 5. The second-order valence-corrected chi connectivity index (χ2v) is 6.34. The van der Waals surface area contributed by atoms with Gasteiger partial charge in [0.05, 0.1) is 12.6 Å². The summed E-state index contributed by atoms with van der Waals surface area (Å²) < 4.78 is 1.16. The molecule has 4 heteroatoms. The normalized spacial score (nSPS) is 12.6. The second-order valence-electron chi connectivity index (χ2n) is 4.14. The van der Waals surface area contributed by atoms with Crippen molar-refractivity contribution in [3.63, 3.8) is 0 Å². The first-order valence-electron chi connectivity index (χ1n) is 5.84. The number of halogens is 1. The van der Waals surface area contributed by atoms with Crippen LogP contribution in [0.5, 0.6) is 0 Å². The summed E-state index contributed by atoms with van der Waals surface area (Å²) in [5, 5.41) is 12.8. The van der Waals surface area contributed by atoms with E-state index in [1.807, 2.05) is 30.3 Å². The molecule has 0 saturated heterocycles. The summed E-state index contributed by atoms with van der Waals surface area (Å²) >= 11 is 5.29. The van der Waals surface area contributed by atoms with E-state index in [2.05, 4.69) is 34.2 Å². The van der Waals surface area contributed by atoms with Gasteiger partial charge in [-0.2, -0.15) is 0 Å². The summed E-state index contributed by atoms with van der Waals surface area (Å²) in [6.07, 6.45) is 0. The Labute approximate surface area is 120 Å².